The maximum Gasteiger partial charge on any atom is 0.227 e. The summed E-state index contributed by atoms with van der Waals surface area (Å²) in [4.78, 5) is 26.7. The van der Waals surface area contributed by atoms with Crippen molar-refractivity contribution in [2.45, 2.75) is 45.2 Å². The van der Waals surface area contributed by atoms with Gasteiger partial charge in [-0.25, -0.2) is 0 Å². The third kappa shape index (κ3) is 3.33. The van der Waals surface area contributed by atoms with Crippen LogP contribution in [-0.2, 0) is 9.59 Å². The molecule has 1 saturated heterocycles. The Kier molecular flexibility index (Phi) is 5.05. The van der Waals surface area contributed by atoms with Crippen molar-refractivity contribution in [1.82, 2.24) is 15.4 Å². The minimum Gasteiger partial charge on any atom is -0.361 e. The van der Waals surface area contributed by atoms with Gasteiger partial charge in [-0.05, 0) is 38.5 Å². The Morgan fingerprint density at radius 2 is 2.00 bits per heavy atom. The van der Waals surface area contributed by atoms with E-state index >= 15 is 0 Å². The van der Waals surface area contributed by atoms with Gasteiger partial charge in [-0.1, -0.05) is 28.9 Å². The zero-order chi connectivity index (χ0) is 19.0. The Hall–Kier alpha value is -2.34. The molecule has 1 fully saturated rings. The van der Waals surface area contributed by atoms with Crippen LogP contribution in [0.2, 0.25) is 5.02 Å². The number of benzene rings is 1. The second-order valence-corrected chi connectivity index (χ2v) is 7.22. The zero-order valence-electron chi connectivity index (χ0n) is 15.2. The van der Waals surface area contributed by atoms with Gasteiger partial charge < -0.3 is 14.7 Å². The van der Waals surface area contributed by atoms with Crippen molar-refractivity contribution >= 4 is 23.4 Å². The summed E-state index contributed by atoms with van der Waals surface area (Å²) in [6.45, 7) is 5.43. The van der Waals surface area contributed by atoms with Crippen LogP contribution >= 0.6 is 11.6 Å². The molecule has 0 bridgehead atoms. The van der Waals surface area contributed by atoms with Crippen molar-refractivity contribution in [2.75, 3.05) is 7.05 Å². The first-order chi connectivity index (χ1) is 12.3. The van der Waals surface area contributed by atoms with Gasteiger partial charge in [0.15, 0.2) is 0 Å². The van der Waals surface area contributed by atoms with Crippen molar-refractivity contribution in [2.24, 2.45) is 0 Å². The van der Waals surface area contributed by atoms with Gasteiger partial charge in [0.05, 0.1) is 23.7 Å². The number of nitrogens with zero attached hydrogens (tertiary/aromatic N) is 2. The quantitative estimate of drug-likeness (QED) is 0.890. The van der Waals surface area contributed by atoms with Crippen LogP contribution in [0.1, 0.15) is 47.9 Å². The van der Waals surface area contributed by atoms with E-state index in [-0.39, 0.29) is 30.3 Å². The molecule has 1 aliphatic rings. The molecular weight excluding hydrogens is 354 g/mol. The Bertz CT molecular complexity index is 812. The zero-order valence-corrected chi connectivity index (χ0v) is 16.0. The van der Waals surface area contributed by atoms with E-state index in [4.69, 9.17) is 16.1 Å². The molecule has 0 saturated carbocycles. The smallest absolute Gasteiger partial charge is 0.227 e. The molecule has 0 spiro atoms. The summed E-state index contributed by atoms with van der Waals surface area (Å²) in [7, 11) is 1.76. The first-order valence-electron chi connectivity index (χ1n) is 8.54. The Labute approximate surface area is 157 Å². The van der Waals surface area contributed by atoms with Crippen LogP contribution in [0.4, 0.5) is 0 Å². The van der Waals surface area contributed by atoms with E-state index < -0.39 is 5.92 Å². The van der Waals surface area contributed by atoms with Crippen molar-refractivity contribution in [1.29, 1.82) is 0 Å². The normalized spacial score (nSPS) is 21.1. The number of aromatic nitrogens is 1. The minimum absolute atomic E-state index is 0.000224. The van der Waals surface area contributed by atoms with E-state index in [1.165, 1.54) is 0 Å². The molecule has 0 radical (unpaired) electrons. The van der Waals surface area contributed by atoms with Crippen molar-refractivity contribution in [3.63, 3.8) is 0 Å². The van der Waals surface area contributed by atoms with E-state index in [1.54, 1.807) is 31.0 Å². The summed E-state index contributed by atoms with van der Waals surface area (Å²) < 4.78 is 5.17. The van der Waals surface area contributed by atoms with Gasteiger partial charge in [-0.15, -0.1) is 0 Å². The number of likely N-dealkylation sites (tertiary alicyclic amines) is 1. The highest BCUT2D eigenvalue weighted by molar-refractivity contribution is 6.30. The number of carbonyl (C=O) groups excluding carboxylic acids is 2. The van der Waals surface area contributed by atoms with Crippen molar-refractivity contribution in [3.8, 4) is 0 Å². The molecule has 3 rings (SSSR count). The first-order valence-corrected chi connectivity index (χ1v) is 8.91. The Morgan fingerprint density at radius 3 is 2.58 bits per heavy atom. The fourth-order valence-corrected chi connectivity index (χ4v) is 3.79. The molecule has 2 amide bonds. The van der Waals surface area contributed by atoms with E-state index in [2.05, 4.69) is 10.5 Å². The average Bonchev–Trinajstić information content (AvgIpc) is 3.07. The van der Waals surface area contributed by atoms with Crippen LogP contribution in [0.3, 0.4) is 0 Å². The lowest BCUT2D eigenvalue weighted by atomic mass is 9.96. The summed E-state index contributed by atoms with van der Waals surface area (Å²) >= 11 is 5.97. The second kappa shape index (κ2) is 7.11. The molecular formula is C19H22ClN3O3. The summed E-state index contributed by atoms with van der Waals surface area (Å²) in [6.07, 6.45) is 0.268. The van der Waals surface area contributed by atoms with Gasteiger partial charge in [0.1, 0.15) is 5.76 Å². The monoisotopic (exact) mass is 375 g/mol. The largest absolute Gasteiger partial charge is 0.361 e. The van der Waals surface area contributed by atoms with Gasteiger partial charge in [0, 0.05) is 24.1 Å². The number of hydrogen-bond donors (Lipinski definition) is 1. The molecule has 1 aromatic carbocycles. The minimum atomic E-state index is -0.409. The molecule has 0 unspecified atom stereocenters. The maximum absolute atomic E-state index is 12.8. The fraction of sp³-hybridized carbons (Fsp3) is 0.421. The molecule has 1 N–H and O–H groups in total. The number of likely N-dealkylation sites (N-methyl/N-ethyl adjacent to an activating group) is 1. The standard InChI is InChI=1S/C19H22ClN3O3/c1-10(17-11(2)22-26-12(17)3)19(25)21-15-9-16(24)23(4)18(15)13-5-7-14(20)8-6-13/h5-8,10,15,18H,9H2,1-4H3,(H,21,25)/t10-,15-,18+/m0/s1. The topological polar surface area (TPSA) is 75.4 Å². The van der Waals surface area contributed by atoms with E-state index in [1.807, 2.05) is 26.0 Å². The van der Waals surface area contributed by atoms with Gasteiger partial charge in [-0.3, -0.25) is 9.59 Å². The molecule has 6 nitrogen and oxygen atoms in total. The van der Waals surface area contributed by atoms with Gasteiger partial charge in [0.25, 0.3) is 0 Å². The number of hydrogen-bond acceptors (Lipinski definition) is 4. The number of nitrogens with one attached hydrogen (secondary N) is 1. The molecule has 1 aliphatic heterocycles. The summed E-state index contributed by atoms with van der Waals surface area (Å²) in [5.74, 6) is 0.0823. The van der Waals surface area contributed by atoms with E-state index in [9.17, 15) is 9.59 Å². The van der Waals surface area contributed by atoms with Crippen LogP contribution in [0.5, 0.6) is 0 Å². The van der Waals surface area contributed by atoms with Crippen LogP contribution in [0.25, 0.3) is 0 Å². The lowest BCUT2D eigenvalue weighted by molar-refractivity contribution is -0.127. The highest BCUT2D eigenvalue weighted by Crippen LogP contribution is 2.33. The molecule has 7 heteroatoms. The Morgan fingerprint density at radius 1 is 1.35 bits per heavy atom. The molecule has 1 aromatic heterocycles. The molecule has 0 aliphatic carbocycles. The van der Waals surface area contributed by atoms with E-state index in [0.717, 1.165) is 11.1 Å². The van der Waals surface area contributed by atoms with Gasteiger partial charge >= 0.3 is 0 Å². The molecule has 138 valence electrons. The lowest BCUT2D eigenvalue weighted by Gasteiger charge is -2.27. The molecule has 26 heavy (non-hydrogen) atoms. The van der Waals surface area contributed by atoms with E-state index in [0.29, 0.717) is 16.5 Å². The lowest BCUT2D eigenvalue weighted by Crippen LogP contribution is -2.41. The SMILES string of the molecule is Cc1noc(C)c1[C@H](C)C(=O)N[C@H]1CC(=O)N(C)[C@@H]1c1ccc(Cl)cc1. The first kappa shape index (κ1) is 18.5. The highest BCUT2D eigenvalue weighted by atomic mass is 35.5. The highest BCUT2D eigenvalue weighted by Gasteiger charge is 2.40. The van der Waals surface area contributed by atoms with Gasteiger partial charge in [-0.2, -0.15) is 0 Å². The average molecular weight is 376 g/mol. The Balaban J connectivity index is 1.81. The van der Waals surface area contributed by atoms with Crippen LogP contribution in [0.15, 0.2) is 28.8 Å². The molecule has 2 aromatic rings. The predicted octanol–water partition coefficient (Wildman–Crippen LogP) is 3.14. The third-order valence-corrected chi connectivity index (χ3v) is 5.29. The summed E-state index contributed by atoms with van der Waals surface area (Å²) in [5, 5.41) is 7.59. The van der Waals surface area contributed by atoms with Crippen LogP contribution in [-0.4, -0.2) is 35.0 Å². The molecule has 2 heterocycles. The van der Waals surface area contributed by atoms with Crippen molar-refractivity contribution < 1.29 is 14.1 Å². The number of rotatable bonds is 4. The summed E-state index contributed by atoms with van der Waals surface area (Å²) in [5.41, 5.74) is 2.44. The number of amides is 2. The third-order valence-electron chi connectivity index (χ3n) is 5.04. The number of halogens is 1. The maximum atomic E-state index is 12.8. The van der Waals surface area contributed by atoms with Crippen LogP contribution < -0.4 is 5.32 Å². The second-order valence-electron chi connectivity index (χ2n) is 6.78. The van der Waals surface area contributed by atoms with Crippen molar-refractivity contribution in [3.05, 3.63) is 51.9 Å². The summed E-state index contributed by atoms with van der Waals surface area (Å²) in [6, 6.07) is 6.83. The number of carbonyl (C=O) groups is 2. The van der Waals surface area contributed by atoms with Gasteiger partial charge in [0.2, 0.25) is 11.8 Å². The molecule has 3 atom stereocenters. The number of aryl methyl sites for hydroxylation is 2. The predicted molar refractivity (Wildman–Crippen MR) is 97.9 cm³/mol. The fourth-order valence-electron chi connectivity index (χ4n) is 3.66. The van der Waals surface area contributed by atoms with Crippen LogP contribution in [0, 0.1) is 13.8 Å².